The van der Waals surface area contributed by atoms with Gasteiger partial charge in [0.1, 0.15) is 5.82 Å². The first-order chi connectivity index (χ1) is 10.4. The maximum atomic E-state index is 13.1. The number of halogens is 1. The maximum absolute atomic E-state index is 13.1. The molecule has 2 rings (SSSR count). The van der Waals surface area contributed by atoms with Gasteiger partial charge in [-0.05, 0) is 31.7 Å². The summed E-state index contributed by atoms with van der Waals surface area (Å²) in [5, 5.41) is 0. The zero-order valence-corrected chi connectivity index (χ0v) is 13.9. The van der Waals surface area contributed by atoms with E-state index in [-0.39, 0.29) is 17.6 Å². The first-order valence-corrected chi connectivity index (χ1v) is 9.22. The Hall–Kier alpha value is -1.02. The van der Waals surface area contributed by atoms with Gasteiger partial charge in [-0.3, -0.25) is 4.90 Å². The average Bonchev–Trinajstić information content (AvgIpc) is 2.51. The molecule has 0 saturated carbocycles. The summed E-state index contributed by atoms with van der Waals surface area (Å²) in [5.41, 5.74) is 0.935. The zero-order valence-electron chi connectivity index (χ0n) is 13.1. The van der Waals surface area contributed by atoms with Gasteiger partial charge >= 0.3 is 0 Å². The average molecular weight is 329 g/mol. The number of benzene rings is 1. The van der Waals surface area contributed by atoms with E-state index < -0.39 is 10.0 Å². The van der Waals surface area contributed by atoms with Crippen LogP contribution in [0.15, 0.2) is 24.3 Å². The molecule has 1 aromatic carbocycles. The highest BCUT2D eigenvalue weighted by molar-refractivity contribution is 7.89. The van der Waals surface area contributed by atoms with Crippen LogP contribution in [-0.2, 0) is 10.0 Å². The smallest absolute Gasteiger partial charge is 0.211 e. The first kappa shape index (κ1) is 17.3. The maximum Gasteiger partial charge on any atom is 0.211 e. The summed E-state index contributed by atoms with van der Waals surface area (Å²) in [6, 6.07) is 6.24. The number of likely N-dealkylation sites (N-methyl/N-ethyl adjacent to an activating group) is 1. The molecule has 1 saturated heterocycles. The van der Waals surface area contributed by atoms with E-state index in [0.717, 1.165) is 31.7 Å². The van der Waals surface area contributed by atoms with Crippen LogP contribution >= 0.6 is 0 Å². The molecule has 22 heavy (non-hydrogen) atoms. The van der Waals surface area contributed by atoms with Crippen LogP contribution in [0.5, 0.6) is 0 Å². The van der Waals surface area contributed by atoms with E-state index in [2.05, 4.69) is 21.6 Å². The van der Waals surface area contributed by atoms with Crippen LogP contribution in [0, 0.1) is 5.82 Å². The van der Waals surface area contributed by atoms with Gasteiger partial charge in [0.2, 0.25) is 10.0 Å². The Balaban J connectivity index is 2.15. The second-order valence-corrected chi connectivity index (χ2v) is 7.75. The van der Waals surface area contributed by atoms with Gasteiger partial charge in [-0.15, -0.1) is 0 Å². The SMILES string of the molecule is CCS(=O)(=O)NCC(c1ccc(F)cc1)N1CCN(C)CC1. The molecule has 0 amide bonds. The number of nitrogens with one attached hydrogen (secondary N) is 1. The van der Waals surface area contributed by atoms with Crippen LogP contribution in [0.25, 0.3) is 0 Å². The topological polar surface area (TPSA) is 52.7 Å². The Labute approximate surface area is 132 Å². The van der Waals surface area contributed by atoms with Gasteiger partial charge in [0.05, 0.1) is 5.75 Å². The lowest BCUT2D eigenvalue weighted by molar-refractivity contribution is 0.113. The number of sulfonamides is 1. The van der Waals surface area contributed by atoms with E-state index in [1.165, 1.54) is 12.1 Å². The molecule has 1 aliphatic rings. The predicted molar refractivity (Wildman–Crippen MR) is 85.7 cm³/mol. The third-order valence-electron chi connectivity index (χ3n) is 4.11. The molecular weight excluding hydrogens is 305 g/mol. The van der Waals surface area contributed by atoms with E-state index in [1.54, 1.807) is 19.1 Å². The number of hydrogen-bond donors (Lipinski definition) is 1. The van der Waals surface area contributed by atoms with Crippen molar-refractivity contribution in [1.29, 1.82) is 0 Å². The summed E-state index contributed by atoms with van der Waals surface area (Å²) in [4.78, 5) is 4.50. The molecule has 0 radical (unpaired) electrons. The highest BCUT2D eigenvalue weighted by atomic mass is 32.2. The number of rotatable bonds is 6. The molecular formula is C15H24FN3O2S. The molecule has 1 N–H and O–H groups in total. The molecule has 7 heteroatoms. The highest BCUT2D eigenvalue weighted by Crippen LogP contribution is 2.22. The van der Waals surface area contributed by atoms with Crippen molar-refractivity contribution in [2.24, 2.45) is 0 Å². The summed E-state index contributed by atoms with van der Waals surface area (Å²) < 4.78 is 39.2. The van der Waals surface area contributed by atoms with E-state index >= 15 is 0 Å². The first-order valence-electron chi connectivity index (χ1n) is 7.56. The van der Waals surface area contributed by atoms with Crippen LogP contribution in [0.2, 0.25) is 0 Å². The summed E-state index contributed by atoms with van der Waals surface area (Å²) >= 11 is 0. The monoisotopic (exact) mass is 329 g/mol. The molecule has 1 aliphatic heterocycles. The van der Waals surface area contributed by atoms with Gasteiger partial charge in [-0.2, -0.15) is 0 Å². The minimum absolute atomic E-state index is 0.0614. The van der Waals surface area contributed by atoms with Gasteiger partial charge in [-0.25, -0.2) is 17.5 Å². The minimum Gasteiger partial charge on any atom is -0.304 e. The normalized spacial score (nSPS) is 19.2. The van der Waals surface area contributed by atoms with Crippen LogP contribution in [0.4, 0.5) is 4.39 Å². The molecule has 1 unspecified atom stereocenters. The Morgan fingerprint density at radius 1 is 1.18 bits per heavy atom. The van der Waals surface area contributed by atoms with Crippen molar-refractivity contribution in [2.75, 3.05) is 45.5 Å². The minimum atomic E-state index is -3.24. The number of hydrogen-bond acceptors (Lipinski definition) is 4. The predicted octanol–water partition coefficient (Wildman–Crippen LogP) is 1.05. The Bertz CT molecular complexity index is 569. The van der Waals surface area contributed by atoms with E-state index in [1.807, 2.05) is 0 Å². The number of piperazine rings is 1. The molecule has 0 spiro atoms. The quantitative estimate of drug-likeness (QED) is 0.848. The summed E-state index contributed by atoms with van der Waals surface area (Å²) in [6.45, 7) is 5.55. The lowest BCUT2D eigenvalue weighted by Gasteiger charge is -2.38. The molecule has 1 aromatic rings. The fourth-order valence-electron chi connectivity index (χ4n) is 2.58. The molecule has 0 bridgehead atoms. The third kappa shape index (κ3) is 4.74. The third-order valence-corrected chi connectivity index (χ3v) is 5.48. The lowest BCUT2D eigenvalue weighted by Crippen LogP contribution is -2.48. The van der Waals surface area contributed by atoms with Gasteiger partial charge in [0, 0.05) is 38.8 Å². The Morgan fingerprint density at radius 3 is 2.32 bits per heavy atom. The molecule has 5 nitrogen and oxygen atoms in total. The van der Waals surface area contributed by atoms with Crippen molar-refractivity contribution in [1.82, 2.24) is 14.5 Å². The van der Waals surface area contributed by atoms with Crippen molar-refractivity contribution in [3.05, 3.63) is 35.6 Å². The molecule has 1 atom stereocenters. The molecule has 1 fully saturated rings. The zero-order chi connectivity index (χ0) is 16.2. The Kier molecular flexibility index (Phi) is 5.91. The summed E-state index contributed by atoms with van der Waals surface area (Å²) in [5.74, 6) is -0.221. The van der Waals surface area contributed by atoms with E-state index in [0.29, 0.717) is 6.54 Å². The van der Waals surface area contributed by atoms with Crippen LogP contribution in [0.1, 0.15) is 18.5 Å². The van der Waals surface area contributed by atoms with E-state index in [9.17, 15) is 12.8 Å². The molecule has 0 aromatic heterocycles. The van der Waals surface area contributed by atoms with Crippen LogP contribution < -0.4 is 4.72 Å². The fourth-order valence-corrected chi connectivity index (χ4v) is 3.20. The standard InChI is InChI=1S/C15H24FN3O2S/c1-3-22(20,21)17-12-15(13-4-6-14(16)7-5-13)19-10-8-18(2)9-11-19/h4-7,15,17H,3,8-12H2,1-2H3. The van der Waals surface area contributed by atoms with Gasteiger partial charge in [0.25, 0.3) is 0 Å². The molecule has 124 valence electrons. The van der Waals surface area contributed by atoms with Crippen molar-refractivity contribution >= 4 is 10.0 Å². The highest BCUT2D eigenvalue weighted by Gasteiger charge is 2.25. The second-order valence-electron chi connectivity index (χ2n) is 5.66. The van der Waals surface area contributed by atoms with Gasteiger partial charge < -0.3 is 4.90 Å². The summed E-state index contributed by atoms with van der Waals surface area (Å²) in [7, 11) is -1.17. The van der Waals surface area contributed by atoms with Crippen LogP contribution in [0.3, 0.4) is 0 Å². The molecule has 0 aliphatic carbocycles. The fraction of sp³-hybridized carbons (Fsp3) is 0.600. The summed E-state index contributed by atoms with van der Waals surface area (Å²) in [6.07, 6.45) is 0. The van der Waals surface area contributed by atoms with Gasteiger partial charge in [-0.1, -0.05) is 12.1 Å². The lowest BCUT2D eigenvalue weighted by atomic mass is 10.0. The van der Waals surface area contributed by atoms with Crippen molar-refractivity contribution in [2.45, 2.75) is 13.0 Å². The van der Waals surface area contributed by atoms with Gasteiger partial charge in [0.15, 0.2) is 0 Å². The largest absolute Gasteiger partial charge is 0.304 e. The number of nitrogens with zero attached hydrogens (tertiary/aromatic N) is 2. The van der Waals surface area contributed by atoms with Crippen molar-refractivity contribution in [3.63, 3.8) is 0 Å². The van der Waals surface area contributed by atoms with Crippen molar-refractivity contribution in [3.8, 4) is 0 Å². The van der Waals surface area contributed by atoms with E-state index in [4.69, 9.17) is 0 Å². The van der Waals surface area contributed by atoms with Crippen LogP contribution in [-0.4, -0.2) is 63.7 Å². The molecule has 1 heterocycles. The second kappa shape index (κ2) is 7.50. The van der Waals surface area contributed by atoms with Crippen molar-refractivity contribution < 1.29 is 12.8 Å². The Morgan fingerprint density at radius 2 is 1.77 bits per heavy atom.